The average Bonchev–Trinajstić information content (AvgIpc) is 2.84. The Morgan fingerprint density at radius 3 is 3.25 bits per heavy atom. The number of aromatic nitrogens is 4. The number of aliphatic carboxylic acids is 1. The van der Waals surface area contributed by atoms with Crippen LogP contribution in [-0.4, -0.2) is 50.2 Å². The Kier molecular flexibility index (Phi) is 3.73. The highest BCUT2D eigenvalue weighted by molar-refractivity contribution is 7.99. The summed E-state index contributed by atoms with van der Waals surface area (Å²) in [5.74, 6) is 0.429. The van der Waals surface area contributed by atoms with E-state index in [9.17, 15) is 4.79 Å². The third kappa shape index (κ3) is 2.92. The molecule has 0 bridgehead atoms. The van der Waals surface area contributed by atoms with Gasteiger partial charge in [0.05, 0.1) is 6.61 Å². The maximum absolute atomic E-state index is 10.5. The van der Waals surface area contributed by atoms with Crippen LogP contribution < -0.4 is 0 Å². The number of nitrogens with zero attached hydrogens (tertiary/aromatic N) is 4. The summed E-state index contributed by atoms with van der Waals surface area (Å²) in [6, 6.07) is 0. The first-order chi connectivity index (χ1) is 7.75. The van der Waals surface area contributed by atoms with E-state index < -0.39 is 5.97 Å². The van der Waals surface area contributed by atoms with Gasteiger partial charge in [-0.05, 0) is 22.8 Å². The normalized spacial score (nSPS) is 20.1. The molecule has 1 aliphatic heterocycles. The van der Waals surface area contributed by atoms with E-state index in [2.05, 4.69) is 15.5 Å². The van der Waals surface area contributed by atoms with Crippen molar-refractivity contribution < 1.29 is 14.6 Å². The van der Waals surface area contributed by atoms with Crippen LogP contribution in [0.25, 0.3) is 0 Å². The van der Waals surface area contributed by atoms with Crippen LogP contribution in [-0.2, 0) is 16.1 Å². The van der Waals surface area contributed by atoms with Crippen LogP contribution in [0, 0.1) is 5.92 Å². The van der Waals surface area contributed by atoms with E-state index in [1.54, 1.807) is 0 Å². The Balaban J connectivity index is 1.88. The van der Waals surface area contributed by atoms with Crippen molar-refractivity contribution >= 4 is 17.7 Å². The third-order valence-electron chi connectivity index (χ3n) is 2.26. The zero-order chi connectivity index (χ0) is 11.4. The van der Waals surface area contributed by atoms with Crippen molar-refractivity contribution in [2.24, 2.45) is 5.92 Å². The lowest BCUT2D eigenvalue weighted by atomic mass is 10.2. The van der Waals surface area contributed by atoms with Crippen LogP contribution in [0.3, 0.4) is 0 Å². The molecule has 1 fully saturated rings. The minimum atomic E-state index is -0.946. The number of carboxylic acids is 1. The molecule has 0 aromatic carbocycles. The molecule has 2 heterocycles. The summed E-state index contributed by atoms with van der Waals surface area (Å²) in [6.07, 6.45) is 1.05. The molecule has 0 saturated carbocycles. The quantitative estimate of drug-likeness (QED) is 0.722. The lowest BCUT2D eigenvalue weighted by molar-refractivity contribution is -0.138. The van der Waals surface area contributed by atoms with Crippen molar-refractivity contribution in [3.8, 4) is 0 Å². The standard InChI is InChI=1S/C8H12N4O3S/c13-7(14)3-12-8(9-10-11-12)16-5-6-1-2-15-4-6/h6H,1-5H2,(H,13,14). The number of carbonyl (C=O) groups is 1. The highest BCUT2D eigenvalue weighted by atomic mass is 32.2. The Morgan fingerprint density at radius 2 is 2.56 bits per heavy atom. The van der Waals surface area contributed by atoms with E-state index in [1.165, 1.54) is 16.4 Å². The predicted octanol–water partition coefficient (Wildman–Crippen LogP) is -0.114. The van der Waals surface area contributed by atoms with Gasteiger partial charge in [-0.1, -0.05) is 11.8 Å². The minimum absolute atomic E-state index is 0.198. The van der Waals surface area contributed by atoms with Gasteiger partial charge in [0.25, 0.3) is 0 Å². The van der Waals surface area contributed by atoms with E-state index in [1.807, 2.05) is 0 Å². The Morgan fingerprint density at radius 1 is 1.69 bits per heavy atom. The molecule has 1 saturated heterocycles. The lowest BCUT2D eigenvalue weighted by Crippen LogP contribution is -2.12. The molecular weight excluding hydrogens is 232 g/mol. The smallest absolute Gasteiger partial charge is 0.325 e. The second-order valence-corrected chi connectivity index (χ2v) is 4.54. The maximum atomic E-state index is 10.5. The highest BCUT2D eigenvalue weighted by Gasteiger charge is 2.18. The first-order valence-corrected chi connectivity index (χ1v) is 5.93. The van der Waals surface area contributed by atoms with Crippen LogP contribution in [0.1, 0.15) is 6.42 Å². The van der Waals surface area contributed by atoms with Gasteiger partial charge < -0.3 is 9.84 Å². The second kappa shape index (κ2) is 5.26. The molecule has 0 aliphatic carbocycles. The fraction of sp³-hybridized carbons (Fsp3) is 0.750. The van der Waals surface area contributed by atoms with Gasteiger partial charge in [0.2, 0.25) is 5.16 Å². The fourth-order valence-corrected chi connectivity index (χ4v) is 2.43. The number of rotatable bonds is 5. The summed E-state index contributed by atoms with van der Waals surface area (Å²) in [5, 5.41) is 20.1. The van der Waals surface area contributed by atoms with E-state index in [-0.39, 0.29) is 6.54 Å². The summed E-state index contributed by atoms with van der Waals surface area (Å²) in [4.78, 5) is 10.5. The molecule has 1 atom stereocenters. The Bertz CT molecular complexity index is 364. The van der Waals surface area contributed by atoms with Crippen LogP contribution in [0.5, 0.6) is 0 Å². The number of ether oxygens (including phenoxy) is 1. The van der Waals surface area contributed by atoms with Crippen LogP contribution in [0.15, 0.2) is 5.16 Å². The van der Waals surface area contributed by atoms with Crippen molar-refractivity contribution in [3.63, 3.8) is 0 Å². The van der Waals surface area contributed by atoms with Crippen molar-refractivity contribution in [1.82, 2.24) is 20.2 Å². The van der Waals surface area contributed by atoms with Gasteiger partial charge in [-0.25, -0.2) is 4.68 Å². The number of tetrazole rings is 1. The first kappa shape index (κ1) is 11.3. The van der Waals surface area contributed by atoms with Gasteiger partial charge in [0.15, 0.2) is 0 Å². The highest BCUT2D eigenvalue weighted by Crippen LogP contribution is 2.22. The second-order valence-electron chi connectivity index (χ2n) is 3.55. The topological polar surface area (TPSA) is 90.1 Å². The van der Waals surface area contributed by atoms with Gasteiger partial charge in [-0.15, -0.1) is 5.10 Å². The van der Waals surface area contributed by atoms with Gasteiger partial charge in [0.1, 0.15) is 6.54 Å². The molecule has 0 spiro atoms. The van der Waals surface area contributed by atoms with Gasteiger partial charge >= 0.3 is 5.97 Å². The summed E-state index contributed by atoms with van der Waals surface area (Å²) in [5.41, 5.74) is 0. The largest absolute Gasteiger partial charge is 0.480 e. The molecule has 1 aromatic heterocycles. The van der Waals surface area contributed by atoms with Crippen LogP contribution >= 0.6 is 11.8 Å². The average molecular weight is 244 g/mol. The van der Waals surface area contributed by atoms with Gasteiger partial charge in [0, 0.05) is 12.4 Å². The Labute approximate surface area is 96.2 Å². The van der Waals surface area contributed by atoms with E-state index >= 15 is 0 Å². The van der Waals surface area contributed by atoms with Crippen LogP contribution in [0.2, 0.25) is 0 Å². The number of carboxylic acid groups (broad SMARTS) is 1. The molecule has 88 valence electrons. The van der Waals surface area contributed by atoms with E-state index in [0.717, 1.165) is 25.4 Å². The zero-order valence-corrected chi connectivity index (χ0v) is 9.39. The number of hydrogen-bond donors (Lipinski definition) is 1. The molecule has 16 heavy (non-hydrogen) atoms. The molecule has 1 unspecified atom stereocenters. The lowest BCUT2D eigenvalue weighted by Gasteiger charge is -2.05. The van der Waals surface area contributed by atoms with Crippen molar-refractivity contribution in [2.45, 2.75) is 18.1 Å². The molecule has 8 heteroatoms. The molecule has 0 radical (unpaired) electrons. The molecular formula is C8H12N4O3S. The fourth-order valence-electron chi connectivity index (χ4n) is 1.43. The molecule has 0 amide bonds. The summed E-state index contributed by atoms with van der Waals surface area (Å²) in [7, 11) is 0. The minimum Gasteiger partial charge on any atom is -0.480 e. The molecule has 1 N–H and O–H groups in total. The number of thioether (sulfide) groups is 1. The van der Waals surface area contributed by atoms with Gasteiger partial charge in [-0.2, -0.15) is 0 Å². The zero-order valence-electron chi connectivity index (χ0n) is 8.57. The van der Waals surface area contributed by atoms with Crippen LogP contribution in [0.4, 0.5) is 0 Å². The monoisotopic (exact) mass is 244 g/mol. The molecule has 1 aromatic rings. The molecule has 1 aliphatic rings. The van der Waals surface area contributed by atoms with Crippen molar-refractivity contribution in [3.05, 3.63) is 0 Å². The van der Waals surface area contributed by atoms with E-state index in [4.69, 9.17) is 9.84 Å². The van der Waals surface area contributed by atoms with Crippen molar-refractivity contribution in [1.29, 1.82) is 0 Å². The summed E-state index contributed by atoms with van der Waals surface area (Å²) >= 11 is 1.48. The molecule has 2 rings (SSSR count). The van der Waals surface area contributed by atoms with E-state index in [0.29, 0.717) is 11.1 Å². The van der Waals surface area contributed by atoms with Gasteiger partial charge in [-0.3, -0.25) is 4.79 Å². The van der Waals surface area contributed by atoms with Crippen molar-refractivity contribution in [2.75, 3.05) is 19.0 Å². The summed E-state index contributed by atoms with van der Waals surface area (Å²) < 4.78 is 6.55. The molecule has 7 nitrogen and oxygen atoms in total. The first-order valence-electron chi connectivity index (χ1n) is 4.94. The number of hydrogen-bond acceptors (Lipinski definition) is 6. The predicted molar refractivity (Wildman–Crippen MR) is 55.1 cm³/mol. The Hall–Kier alpha value is -1.15. The summed E-state index contributed by atoms with van der Waals surface area (Å²) in [6.45, 7) is 1.38. The SMILES string of the molecule is O=C(O)Cn1nnnc1SCC1CCOC1. The third-order valence-corrected chi connectivity index (χ3v) is 3.44. The maximum Gasteiger partial charge on any atom is 0.325 e.